The third-order valence-electron chi connectivity index (χ3n) is 2.50. The van der Waals surface area contributed by atoms with Gasteiger partial charge in [0.2, 0.25) is 0 Å². The SMILES string of the molecule is CS(=O)(=O)Oc1cc[c]c2c1CCCC2. The highest BCUT2D eigenvalue weighted by Crippen LogP contribution is 2.29. The van der Waals surface area contributed by atoms with Crippen molar-refractivity contribution in [2.24, 2.45) is 0 Å². The Morgan fingerprint density at radius 3 is 2.80 bits per heavy atom. The molecule has 0 unspecified atom stereocenters. The van der Waals surface area contributed by atoms with Crippen molar-refractivity contribution in [1.82, 2.24) is 0 Å². The Labute approximate surface area is 90.2 Å². The summed E-state index contributed by atoms with van der Waals surface area (Å²) in [7, 11) is -3.42. The quantitative estimate of drug-likeness (QED) is 0.719. The van der Waals surface area contributed by atoms with Gasteiger partial charge in [-0.2, -0.15) is 8.42 Å². The van der Waals surface area contributed by atoms with Gasteiger partial charge in [0.25, 0.3) is 0 Å². The number of hydrogen-bond acceptors (Lipinski definition) is 3. The summed E-state index contributed by atoms with van der Waals surface area (Å²) in [6.07, 6.45) is 5.16. The summed E-state index contributed by atoms with van der Waals surface area (Å²) in [6, 6.07) is 6.54. The van der Waals surface area contributed by atoms with E-state index in [4.69, 9.17) is 4.18 Å². The summed E-state index contributed by atoms with van der Waals surface area (Å²) in [4.78, 5) is 0. The van der Waals surface area contributed by atoms with E-state index >= 15 is 0 Å². The second-order valence-corrected chi connectivity index (χ2v) is 5.37. The van der Waals surface area contributed by atoms with Gasteiger partial charge < -0.3 is 4.18 Å². The molecule has 15 heavy (non-hydrogen) atoms. The smallest absolute Gasteiger partial charge is 0.306 e. The molecule has 1 aromatic rings. The molecule has 3 nitrogen and oxygen atoms in total. The van der Waals surface area contributed by atoms with E-state index in [-0.39, 0.29) is 0 Å². The topological polar surface area (TPSA) is 43.4 Å². The van der Waals surface area contributed by atoms with Crippen molar-refractivity contribution in [3.63, 3.8) is 0 Å². The number of rotatable bonds is 2. The largest absolute Gasteiger partial charge is 0.382 e. The first-order chi connectivity index (χ1) is 7.06. The molecule has 1 aliphatic rings. The molecule has 0 N–H and O–H groups in total. The predicted molar refractivity (Wildman–Crippen MR) is 57.4 cm³/mol. The van der Waals surface area contributed by atoms with Gasteiger partial charge in [0.1, 0.15) is 5.75 Å². The van der Waals surface area contributed by atoms with Gasteiger partial charge in [-0.15, -0.1) is 0 Å². The normalized spacial score (nSPS) is 15.8. The minimum absolute atomic E-state index is 0.478. The van der Waals surface area contributed by atoms with Crippen LogP contribution in [0.1, 0.15) is 24.0 Å². The summed E-state index contributed by atoms with van der Waals surface area (Å²) in [5.41, 5.74) is 2.11. The predicted octanol–water partition coefficient (Wildman–Crippen LogP) is 1.70. The van der Waals surface area contributed by atoms with Crippen molar-refractivity contribution >= 4 is 10.1 Å². The molecule has 0 aromatic heterocycles. The van der Waals surface area contributed by atoms with Crippen molar-refractivity contribution in [2.75, 3.05) is 6.26 Å². The van der Waals surface area contributed by atoms with Crippen LogP contribution in [0.15, 0.2) is 12.1 Å². The van der Waals surface area contributed by atoms with E-state index in [1.165, 1.54) is 0 Å². The second-order valence-electron chi connectivity index (χ2n) is 3.79. The van der Waals surface area contributed by atoms with Crippen molar-refractivity contribution in [1.29, 1.82) is 0 Å². The van der Waals surface area contributed by atoms with Gasteiger partial charge >= 0.3 is 10.1 Å². The molecule has 0 spiro atoms. The van der Waals surface area contributed by atoms with Crippen LogP contribution in [0.25, 0.3) is 0 Å². The first kappa shape index (κ1) is 10.5. The Kier molecular flexibility index (Phi) is 2.69. The molecular weight excluding hydrogens is 212 g/mol. The fraction of sp³-hybridized carbons (Fsp3) is 0.455. The van der Waals surface area contributed by atoms with Gasteiger partial charge in [-0.3, -0.25) is 0 Å². The summed E-state index contributed by atoms with van der Waals surface area (Å²) in [6.45, 7) is 0. The molecule has 0 saturated heterocycles. The third kappa shape index (κ3) is 2.50. The lowest BCUT2D eigenvalue weighted by atomic mass is 9.91. The zero-order valence-corrected chi connectivity index (χ0v) is 9.43. The highest BCUT2D eigenvalue weighted by Gasteiger charge is 2.16. The standard InChI is InChI=1S/C11H13O3S/c1-15(12,13)14-11-8-4-6-9-5-2-3-7-10(9)11/h4,8H,2-3,5,7H2,1H3. The van der Waals surface area contributed by atoms with Crippen LogP contribution in [0.3, 0.4) is 0 Å². The van der Waals surface area contributed by atoms with E-state index < -0.39 is 10.1 Å². The highest BCUT2D eigenvalue weighted by molar-refractivity contribution is 7.86. The van der Waals surface area contributed by atoms with E-state index in [9.17, 15) is 8.42 Å². The zero-order chi connectivity index (χ0) is 10.9. The van der Waals surface area contributed by atoms with Crippen LogP contribution in [0.2, 0.25) is 0 Å². The van der Waals surface area contributed by atoms with Crippen molar-refractivity contribution < 1.29 is 12.6 Å². The minimum Gasteiger partial charge on any atom is -0.382 e. The van der Waals surface area contributed by atoms with Crippen LogP contribution >= 0.6 is 0 Å². The average Bonchev–Trinajstić information content (AvgIpc) is 2.16. The number of hydrogen-bond donors (Lipinski definition) is 0. The Morgan fingerprint density at radius 1 is 1.33 bits per heavy atom. The van der Waals surface area contributed by atoms with Gasteiger partial charge in [0.05, 0.1) is 6.26 Å². The molecule has 1 aromatic carbocycles. The van der Waals surface area contributed by atoms with E-state index in [1.54, 1.807) is 12.1 Å². The average molecular weight is 225 g/mol. The molecule has 81 valence electrons. The third-order valence-corrected chi connectivity index (χ3v) is 2.98. The van der Waals surface area contributed by atoms with Gasteiger partial charge in [-0.1, -0.05) is 6.07 Å². The van der Waals surface area contributed by atoms with Gasteiger partial charge in [-0.05, 0) is 48.9 Å². The van der Waals surface area contributed by atoms with Crippen LogP contribution in [0.4, 0.5) is 0 Å². The summed E-state index contributed by atoms with van der Waals surface area (Å²) in [5.74, 6) is 0.478. The maximum atomic E-state index is 11.1. The lowest BCUT2D eigenvalue weighted by Crippen LogP contribution is -2.11. The lowest BCUT2D eigenvalue weighted by Gasteiger charge is -2.17. The maximum Gasteiger partial charge on any atom is 0.306 e. The fourth-order valence-corrected chi connectivity index (χ4v) is 2.38. The van der Waals surface area contributed by atoms with Crippen LogP contribution in [0, 0.1) is 6.07 Å². The number of fused-ring (bicyclic) bond motifs is 1. The van der Waals surface area contributed by atoms with Crippen molar-refractivity contribution in [3.8, 4) is 5.75 Å². The molecule has 2 rings (SSSR count). The Morgan fingerprint density at radius 2 is 2.07 bits per heavy atom. The molecule has 4 heteroatoms. The van der Waals surface area contributed by atoms with E-state index in [0.717, 1.165) is 43.1 Å². The van der Waals surface area contributed by atoms with Crippen molar-refractivity contribution in [3.05, 3.63) is 29.3 Å². The molecule has 0 amide bonds. The van der Waals surface area contributed by atoms with Gasteiger partial charge in [0, 0.05) is 0 Å². The van der Waals surface area contributed by atoms with E-state index in [0.29, 0.717) is 5.75 Å². The highest BCUT2D eigenvalue weighted by atomic mass is 32.2. The zero-order valence-electron chi connectivity index (χ0n) is 8.62. The number of benzene rings is 1. The molecule has 1 radical (unpaired) electrons. The second kappa shape index (κ2) is 3.85. The monoisotopic (exact) mass is 225 g/mol. The minimum atomic E-state index is -3.42. The van der Waals surface area contributed by atoms with Gasteiger partial charge in [-0.25, -0.2) is 0 Å². The molecule has 0 bridgehead atoms. The molecule has 0 fully saturated rings. The lowest BCUT2D eigenvalue weighted by molar-refractivity contribution is 0.486. The summed E-state index contributed by atoms with van der Waals surface area (Å²) < 4.78 is 27.1. The first-order valence-corrected chi connectivity index (χ1v) is 6.80. The Balaban J connectivity index is 2.39. The van der Waals surface area contributed by atoms with Crippen molar-refractivity contribution in [2.45, 2.75) is 25.7 Å². The molecular formula is C11H13O3S. The molecule has 1 aliphatic carbocycles. The van der Waals surface area contributed by atoms with E-state index in [1.807, 2.05) is 0 Å². The van der Waals surface area contributed by atoms with Crippen LogP contribution in [-0.4, -0.2) is 14.7 Å². The molecule has 0 atom stereocenters. The molecule has 0 aliphatic heterocycles. The van der Waals surface area contributed by atoms with Crippen LogP contribution in [-0.2, 0) is 23.0 Å². The molecule has 0 heterocycles. The maximum absolute atomic E-state index is 11.1. The Bertz CT molecular complexity index is 463. The van der Waals surface area contributed by atoms with Gasteiger partial charge in [0.15, 0.2) is 0 Å². The summed E-state index contributed by atoms with van der Waals surface area (Å²) >= 11 is 0. The van der Waals surface area contributed by atoms with E-state index in [2.05, 4.69) is 6.07 Å². The first-order valence-electron chi connectivity index (χ1n) is 4.98. The van der Waals surface area contributed by atoms with Crippen LogP contribution in [0.5, 0.6) is 5.75 Å². The fourth-order valence-electron chi connectivity index (χ4n) is 1.90. The van der Waals surface area contributed by atoms with Crippen LogP contribution < -0.4 is 4.18 Å². The summed E-state index contributed by atoms with van der Waals surface area (Å²) in [5, 5.41) is 0. The molecule has 0 saturated carbocycles. The number of aryl methyl sites for hydroxylation is 1. The Hall–Kier alpha value is -1.03.